The van der Waals surface area contributed by atoms with Gasteiger partial charge in [-0.2, -0.15) is 0 Å². The smallest absolute Gasteiger partial charge is 0.307 e. The fourth-order valence-corrected chi connectivity index (χ4v) is 3.68. The maximum atomic E-state index is 12.3. The molecule has 6 nitrogen and oxygen atoms in total. The van der Waals surface area contributed by atoms with E-state index in [1.54, 1.807) is 24.3 Å². The molecule has 0 saturated carbocycles. The van der Waals surface area contributed by atoms with E-state index in [2.05, 4.69) is 5.32 Å². The molecule has 0 bridgehead atoms. The van der Waals surface area contributed by atoms with Crippen LogP contribution in [-0.4, -0.2) is 32.2 Å². The van der Waals surface area contributed by atoms with Gasteiger partial charge in [-0.25, -0.2) is 8.42 Å². The largest absolute Gasteiger partial charge is 0.453 e. The highest BCUT2D eigenvalue weighted by Gasteiger charge is 2.21. The molecule has 1 unspecified atom stereocenters. The zero-order chi connectivity index (χ0) is 20.7. The third kappa shape index (κ3) is 6.20. The Bertz CT molecular complexity index is 918. The first-order valence-corrected chi connectivity index (χ1v) is 10.7. The lowest BCUT2D eigenvalue weighted by atomic mass is 10.1. The predicted molar refractivity (Wildman–Crippen MR) is 108 cm³/mol. The minimum Gasteiger partial charge on any atom is -0.453 e. The van der Waals surface area contributed by atoms with E-state index in [0.29, 0.717) is 5.69 Å². The molecule has 0 aliphatic rings. The fourth-order valence-electron chi connectivity index (χ4n) is 2.46. The molecule has 0 aromatic heterocycles. The van der Waals surface area contributed by atoms with Crippen molar-refractivity contribution in [2.75, 3.05) is 11.1 Å². The predicted octanol–water partition coefficient (Wildman–Crippen LogP) is 3.29. The Hall–Kier alpha value is -2.67. The molecule has 0 aliphatic heterocycles. The summed E-state index contributed by atoms with van der Waals surface area (Å²) in [5.41, 5.74) is 2.70. The van der Waals surface area contributed by atoms with Crippen molar-refractivity contribution in [3.05, 3.63) is 59.7 Å². The quantitative estimate of drug-likeness (QED) is 0.683. The molecule has 1 atom stereocenters. The van der Waals surface area contributed by atoms with Crippen LogP contribution in [-0.2, 0) is 30.6 Å². The van der Waals surface area contributed by atoms with Crippen molar-refractivity contribution in [1.29, 1.82) is 0 Å². The van der Waals surface area contributed by atoms with Crippen LogP contribution in [0.2, 0.25) is 0 Å². The number of hydrogen-bond donors (Lipinski definition) is 1. The fraction of sp³-hybridized carbons (Fsp3) is 0.333. The van der Waals surface area contributed by atoms with Crippen LogP contribution in [0.15, 0.2) is 53.4 Å². The van der Waals surface area contributed by atoms with Gasteiger partial charge in [-0.1, -0.05) is 36.8 Å². The number of amides is 1. The van der Waals surface area contributed by atoms with Crippen molar-refractivity contribution in [3.8, 4) is 0 Å². The van der Waals surface area contributed by atoms with Gasteiger partial charge < -0.3 is 10.1 Å². The number of carbonyl (C=O) groups is 2. The first kappa shape index (κ1) is 21.6. The molecule has 0 spiro atoms. The lowest BCUT2D eigenvalue weighted by Gasteiger charge is -2.14. The Labute approximate surface area is 165 Å². The summed E-state index contributed by atoms with van der Waals surface area (Å²) in [7, 11) is -3.58. The summed E-state index contributed by atoms with van der Waals surface area (Å²) in [5.74, 6) is -1.58. The van der Waals surface area contributed by atoms with Crippen molar-refractivity contribution >= 4 is 27.4 Å². The van der Waals surface area contributed by atoms with Gasteiger partial charge >= 0.3 is 5.97 Å². The highest BCUT2D eigenvalue weighted by atomic mass is 32.2. The molecule has 2 rings (SSSR count). The molecule has 1 amide bonds. The van der Waals surface area contributed by atoms with Crippen LogP contribution in [0.5, 0.6) is 0 Å². The van der Waals surface area contributed by atoms with Crippen molar-refractivity contribution in [2.24, 2.45) is 0 Å². The number of anilines is 1. The van der Waals surface area contributed by atoms with E-state index < -0.39 is 27.8 Å². The van der Waals surface area contributed by atoms with Crippen LogP contribution in [0.4, 0.5) is 5.69 Å². The Morgan fingerprint density at radius 3 is 2.21 bits per heavy atom. The van der Waals surface area contributed by atoms with Crippen LogP contribution in [0.1, 0.15) is 31.4 Å². The minimum absolute atomic E-state index is 0.159. The van der Waals surface area contributed by atoms with Gasteiger partial charge in [-0.05, 0) is 50.1 Å². The van der Waals surface area contributed by atoms with Gasteiger partial charge in [0.05, 0.1) is 17.1 Å². The molecule has 28 heavy (non-hydrogen) atoms. The van der Waals surface area contributed by atoms with Crippen LogP contribution in [0, 0.1) is 6.92 Å². The molecule has 2 aromatic rings. The number of hydrogen-bond acceptors (Lipinski definition) is 5. The second-order valence-electron chi connectivity index (χ2n) is 6.55. The summed E-state index contributed by atoms with van der Waals surface area (Å²) in [6.07, 6.45) is -0.451. The Kier molecular flexibility index (Phi) is 7.34. The number of benzene rings is 2. The van der Waals surface area contributed by atoms with Crippen molar-refractivity contribution < 1.29 is 22.7 Å². The zero-order valence-electron chi connectivity index (χ0n) is 16.3. The minimum atomic E-state index is -3.58. The van der Waals surface area contributed by atoms with Gasteiger partial charge in [0.1, 0.15) is 0 Å². The van der Waals surface area contributed by atoms with Gasteiger partial charge in [0.2, 0.25) is 0 Å². The Morgan fingerprint density at radius 1 is 1.04 bits per heavy atom. The van der Waals surface area contributed by atoms with Crippen molar-refractivity contribution in [3.63, 3.8) is 0 Å². The maximum Gasteiger partial charge on any atom is 0.307 e. The molecular weight excluding hydrogens is 378 g/mol. The van der Waals surface area contributed by atoms with E-state index in [9.17, 15) is 18.0 Å². The van der Waals surface area contributed by atoms with Gasteiger partial charge in [-0.3, -0.25) is 9.59 Å². The van der Waals surface area contributed by atoms with Crippen molar-refractivity contribution in [2.45, 2.75) is 44.6 Å². The molecule has 150 valence electrons. The molecule has 0 aliphatic carbocycles. The van der Waals surface area contributed by atoms with Crippen molar-refractivity contribution in [1.82, 2.24) is 0 Å². The summed E-state index contributed by atoms with van der Waals surface area (Å²) in [6.45, 7) is 5.34. The molecule has 7 heteroatoms. The number of rotatable bonds is 8. The molecular formula is C21H25NO5S. The molecule has 0 fully saturated rings. The Balaban J connectivity index is 1.85. The highest BCUT2D eigenvalue weighted by Crippen LogP contribution is 2.14. The molecule has 0 saturated heterocycles. The lowest BCUT2D eigenvalue weighted by Crippen LogP contribution is -2.30. The Morgan fingerprint density at radius 2 is 1.64 bits per heavy atom. The van der Waals surface area contributed by atoms with Crippen LogP contribution < -0.4 is 5.32 Å². The normalized spacial score (nSPS) is 12.2. The van der Waals surface area contributed by atoms with E-state index in [1.807, 2.05) is 26.0 Å². The van der Waals surface area contributed by atoms with E-state index in [0.717, 1.165) is 17.5 Å². The molecule has 0 radical (unpaired) electrons. The van der Waals surface area contributed by atoms with E-state index in [4.69, 9.17) is 4.74 Å². The monoisotopic (exact) mass is 403 g/mol. The SMILES string of the molecule is CCc1ccc(NC(=O)C(C)OC(=O)CCS(=O)(=O)c2ccc(C)cc2)cc1. The first-order valence-electron chi connectivity index (χ1n) is 9.10. The summed E-state index contributed by atoms with van der Waals surface area (Å²) in [6, 6.07) is 13.8. The van der Waals surface area contributed by atoms with Crippen LogP contribution in [0.25, 0.3) is 0 Å². The number of sulfone groups is 1. The highest BCUT2D eigenvalue weighted by molar-refractivity contribution is 7.91. The van der Waals surface area contributed by atoms with E-state index >= 15 is 0 Å². The zero-order valence-corrected chi connectivity index (χ0v) is 17.1. The third-order valence-electron chi connectivity index (χ3n) is 4.26. The number of nitrogens with one attached hydrogen (secondary N) is 1. The third-order valence-corrected chi connectivity index (χ3v) is 5.99. The number of ether oxygens (including phenoxy) is 1. The lowest BCUT2D eigenvalue weighted by molar-refractivity contribution is -0.152. The van der Waals surface area contributed by atoms with Gasteiger partial charge in [-0.15, -0.1) is 0 Å². The molecule has 2 aromatic carbocycles. The van der Waals surface area contributed by atoms with Crippen LogP contribution in [0.3, 0.4) is 0 Å². The standard InChI is InChI=1S/C21H25NO5S/c1-4-17-7-9-18(10-8-17)22-21(24)16(3)27-20(23)13-14-28(25,26)19-11-5-15(2)6-12-19/h5-12,16H,4,13-14H2,1-3H3,(H,22,24). The molecule has 0 heterocycles. The van der Waals surface area contributed by atoms with E-state index in [-0.39, 0.29) is 17.1 Å². The van der Waals surface area contributed by atoms with Gasteiger partial charge in [0.15, 0.2) is 15.9 Å². The van der Waals surface area contributed by atoms with E-state index in [1.165, 1.54) is 19.1 Å². The average molecular weight is 404 g/mol. The maximum absolute atomic E-state index is 12.3. The number of carbonyl (C=O) groups excluding carboxylic acids is 2. The summed E-state index contributed by atoms with van der Waals surface area (Å²) >= 11 is 0. The number of aryl methyl sites for hydroxylation is 2. The van der Waals surface area contributed by atoms with Crippen LogP contribution >= 0.6 is 0 Å². The topological polar surface area (TPSA) is 89.5 Å². The van der Waals surface area contributed by atoms with Gasteiger partial charge in [0.25, 0.3) is 5.91 Å². The summed E-state index contributed by atoms with van der Waals surface area (Å²) in [5, 5.41) is 2.67. The second kappa shape index (κ2) is 9.50. The number of esters is 1. The molecule has 1 N–H and O–H groups in total. The van der Waals surface area contributed by atoms with Gasteiger partial charge in [0, 0.05) is 5.69 Å². The summed E-state index contributed by atoms with van der Waals surface area (Å²) in [4.78, 5) is 24.3. The summed E-state index contributed by atoms with van der Waals surface area (Å²) < 4.78 is 29.6. The second-order valence-corrected chi connectivity index (χ2v) is 8.66. The average Bonchev–Trinajstić information content (AvgIpc) is 2.67. The first-order chi connectivity index (χ1) is 13.2.